The molecule has 136 valence electrons. The van der Waals surface area contributed by atoms with E-state index in [0.29, 0.717) is 16.4 Å². The second-order valence-corrected chi connectivity index (χ2v) is 7.97. The van der Waals surface area contributed by atoms with Gasteiger partial charge in [-0.05, 0) is 42.9 Å². The minimum atomic E-state index is -3.54. The van der Waals surface area contributed by atoms with Gasteiger partial charge in [0.1, 0.15) is 5.82 Å². The van der Waals surface area contributed by atoms with Crippen molar-refractivity contribution >= 4 is 27.3 Å². The van der Waals surface area contributed by atoms with Gasteiger partial charge in [-0.25, -0.2) is 8.42 Å². The summed E-state index contributed by atoms with van der Waals surface area (Å²) in [4.78, 5) is 2.28. The van der Waals surface area contributed by atoms with E-state index in [1.807, 2.05) is 0 Å². The van der Waals surface area contributed by atoms with Crippen LogP contribution < -0.4 is 5.32 Å². The van der Waals surface area contributed by atoms with Crippen LogP contribution in [0.5, 0.6) is 0 Å². The number of aromatic nitrogens is 2. The third-order valence-electron chi connectivity index (χ3n) is 3.86. The van der Waals surface area contributed by atoms with Crippen LogP contribution in [0.4, 0.5) is 5.82 Å². The van der Waals surface area contributed by atoms with E-state index in [1.54, 1.807) is 30.3 Å². The van der Waals surface area contributed by atoms with Gasteiger partial charge in [0.25, 0.3) is 0 Å². The summed E-state index contributed by atoms with van der Waals surface area (Å²) in [6.07, 6.45) is 0. The number of hydrogen-bond acceptors (Lipinski definition) is 6. The first-order valence-corrected chi connectivity index (χ1v) is 10.2. The average molecular weight is 383 g/mol. The molecule has 2 rings (SSSR count). The van der Waals surface area contributed by atoms with Gasteiger partial charge in [-0.1, -0.05) is 37.6 Å². The molecule has 6 nitrogen and oxygen atoms in total. The lowest BCUT2D eigenvalue weighted by molar-refractivity contribution is 0.316. The molecule has 1 aromatic heterocycles. The Morgan fingerprint density at radius 3 is 2.28 bits per heavy atom. The van der Waals surface area contributed by atoms with Crippen LogP contribution in [-0.4, -0.2) is 49.7 Å². The standard InChI is InChI=1S/C17H23ClN4O2S/c1-3-22(4-2)12-11-19-16-9-10-17(21-20-16)25(23,24)13-14-5-7-15(18)8-6-14/h5-10H,3-4,11-13H2,1-2H3,(H,19,20). The van der Waals surface area contributed by atoms with E-state index in [4.69, 9.17) is 11.6 Å². The maximum absolute atomic E-state index is 12.4. The van der Waals surface area contributed by atoms with Gasteiger partial charge in [0.2, 0.25) is 9.84 Å². The molecule has 1 heterocycles. The normalized spacial score (nSPS) is 11.7. The molecule has 0 aliphatic rings. The minimum absolute atomic E-state index is 0.0308. The van der Waals surface area contributed by atoms with Crippen LogP contribution in [0.3, 0.4) is 0 Å². The Hall–Kier alpha value is -1.70. The number of rotatable bonds is 9. The van der Waals surface area contributed by atoms with Crippen LogP contribution in [-0.2, 0) is 15.6 Å². The van der Waals surface area contributed by atoms with Crippen LogP contribution >= 0.6 is 11.6 Å². The molecule has 0 spiro atoms. The van der Waals surface area contributed by atoms with Crippen molar-refractivity contribution in [1.29, 1.82) is 0 Å². The molecule has 0 unspecified atom stereocenters. The summed E-state index contributed by atoms with van der Waals surface area (Å²) < 4.78 is 24.8. The summed E-state index contributed by atoms with van der Waals surface area (Å²) in [5.74, 6) is 0.436. The van der Waals surface area contributed by atoms with Crippen molar-refractivity contribution in [2.75, 3.05) is 31.5 Å². The largest absolute Gasteiger partial charge is 0.367 e. The highest BCUT2D eigenvalue weighted by molar-refractivity contribution is 7.90. The third-order valence-corrected chi connectivity index (χ3v) is 5.68. The molecule has 0 fully saturated rings. The predicted molar refractivity (Wildman–Crippen MR) is 101 cm³/mol. The molecule has 2 aromatic rings. The molecular formula is C17H23ClN4O2S. The number of halogens is 1. The molecule has 0 radical (unpaired) electrons. The van der Waals surface area contributed by atoms with Crippen molar-refractivity contribution in [3.63, 3.8) is 0 Å². The fourth-order valence-electron chi connectivity index (χ4n) is 2.34. The zero-order chi connectivity index (χ0) is 18.3. The van der Waals surface area contributed by atoms with E-state index in [-0.39, 0.29) is 10.8 Å². The SMILES string of the molecule is CCN(CC)CCNc1ccc(S(=O)(=O)Cc2ccc(Cl)cc2)nn1. The first-order chi connectivity index (χ1) is 11.9. The number of hydrogen-bond donors (Lipinski definition) is 1. The summed E-state index contributed by atoms with van der Waals surface area (Å²) in [6.45, 7) is 7.84. The van der Waals surface area contributed by atoms with Crippen LogP contribution in [0.15, 0.2) is 41.4 Å². The topological polar surface area (TPSA) is 75.2 Å². The highest BCUT2D eigenvalue weighted by Crippen LogP contribution is 2.17. The number of benzene rings is 1. The van der Waals surface area contributed by atoms with Crippen molar-refractivity contribution in [3.8, 4) is 0 Å². The van der Waals surface area contributed by atoms with E-state index < -0.39 is 9.84 Å². The van der Waals surface area contributed by atoms with E-state index in [1.165, 1.54) is 6.07 Å². The first-order valence-electron chi connectivity index (χ1n) is 8.21. The molecule has 25 heavy (non-hydrogen) atoms. The molecule has 0 amide bonds. The van der Waals surface area contributed by atoms with Gasteiger partial charge in [0.15, 0.2) is 5.03 Å². The van der Waals surface area contributed by atoms with E-state index in [9.17, 15) is 8.42 Å². The molecule has 0 saturated heterocycles. The van der Waals surface area contributed by atoms with Gasteiger partial charge < -0.3 is 10.2 Å². The summed E-state index contributed by atoms with van der Waals surface area (Å²) in [6, 6.07) is 9.84. The van der Waals surface area contributed by atoms with Gasteiger partial charge >= 0.3 is 0 Å². The lowest BCUT2D eigenvalue weighted by Crippen LogP contribution is -2.28. The highest BCUT2D eigenvalue weighted by atomic mass is 35.5. The van der Waals surface area contributed by atoms with Gasteiger partial charge in [-0.3, -0.25) is 0 Å². The minimum Gasteiger partial charge on any atom is -0.367 e. The van der Waals surface area contributed by atoms with Crippen LogP contribution in [0.25, 0.3) is 0 Å². The molecule has 0 aliphatic carbocycles. The fraction of sp³-hybridized carbons (Fsp3) is 0.412. The zero-order valence-electron chi connectivity index (χ0n) is 14.4. The van der Waals surface area contributed by atoms with Crippen molar-refractivity contribution in [1.82, 2.24) is 15.1 Å². The maximum Gasteiger partial charge on any atom is 0.201 e. The molecule has 1 N–H and O–H groups in total. The second-order valence-electron chi connectivity index (χ2n) is 5.60. The zero-order valence-corrected chi connectivity index (χ0v) is 16.0. The van der Waals surface area contributed by atoms with E-state index >= 15 is 0 Å². The number of anilines is 1. The van der Waals surface area contributed by atoms with Crippen molar-refractivity contribution < 1.29 is 8.42 Å². The molecule has 1 aromatic carbocycles. The van der Waals surface area contributed by atoms with Crippen molar-refractivity contribution in [2.45, 2.75) is 24.6 Å². The number of nitrogens with one attached hydrogen (secondary N) is 1. The maximum atomic E-state index is 12.4. The summed E-state index contributed by atoms with van der Waals surface area (Å²) in [7, 11) is -3.54. The van der Waals surface area contributed by atoms with Crippen LogP contribution in [0, 0.1) is 0 Å². The third kappa shape index (κ3) is 5.95. The quantitative estimate of drug-likeness (QED) is 0.718. The Morgan fingerprint density at radius 2 is 1.72 bits per heavy atom. The Labute approximate surface area is 154 Å². The van der Waals surface area contributed by atoms with E-state index in [2.05, 4.69) is 34.3 Å². The second kappa shape index (κ2) is 9.12. The van der Waals surface area contributed by atoms with Gasteiger partial charge in [0.05, 0.1) is 5.75 Å². The molecule has 0 bridgehead atoms. The smallest absolute Gasteiger partial charge is 0.201 e. The Bertz CT molecular complexity index is 760. The fourth-order valence-corrected chi connectivity index (χ4v) is 3.68. The van der Waals surface area contributed by atoms with Crippen molar-refractivity contribution in [3.05, 3.63) is 47.0 Å². The lowest BCUT2D eigenvalue weighted by atomic mass is 10.2. The summed E-state index contributed by atoms with van der Waals surface area (Å²) in [5, 5.41) is 11.5. The molecule has 8 heteroatoms. The Balaban J connectivity index is 1.97. The number of likely N-dealkylation sites (N-methyl/N-ethyl adjacent to an activating group) is 1. The highest BCUT2D eigenvalue weighted by Gasteiger charge is 2.17. The summed E-state index contributed by atoms with van der Waals surface area (Å²) in [5.41, 5.74) is 0.660. The monoisotopic (exact) mass is 382 g/mol. The molecule has 0 atom stereocenters. The van der Waals surface area contributed by atoms with Gasteiger partial charge in [0, 0.05) is 18.1 Å². The summed E-state index contributed by atoms with van der Waals surface area (Å²) >= 11 is 5.82. The first kappa shape index (κ1) is 19.6. The Kier molecular flexibility index (Phi) is 7.16. The molecule has 0 saturated carbocycles. The lowest BCUT2D eigenvalue weighted by Gasteiger charge is -2.18. The average Bonchev–Trinajstić information content (AvgIpc) is 2.61. The molecular weight excluding hydrogens is 360 g/mol. The number of sulfone groups is 1. The van der Waals surface area contributed by atoms with Crippen LogP contribution in [0.1, 0.15) is 19.4 Å². The van der Waals surface area contributed by atoms with Gasteiger partial charge in [-0.2, -0.15) is 0 Å². The Morgan fingerprint density at radius 1 is 1.04 bits per heavy atom. The van der Waals surface area contributed by atoms with Crippen LogP contribution in [0.2, 0.25) is 5.02 Å². The predicted octanol–water partition coefficient (Wildman–Crippen LogP) is 2.86. The molecule has 0 aliphatic heterocycles. The number of nitrogens with zero attached hydrogens (tertiary/aromatic N) is 3. The van der Waals surface area contributed by atoms with Crippen molar-refractivity contribution in [2.24, 2.45) is 0 Å². The van der Waals surface area contributed by atoms with Gasteiger partial charge in [-0.15, -0.1) is 10.2 Å². The van der Waals surface area contributed by atoms with E-state index in [0.717, 1.165) is 26.2 Å².